The van der Waals surface area contributed by atoms with Gasteiger partial charge in [-0.1, -0.05) is 13.0 Å². The summed E-state index contributed by atoms with van der Waals surface area (Å²) >= 11 is 0. The van der Waals surface area contributed by atoms with Gasteiger partial charge in [0.2, 0.25) is 0 Å². The monoisotopic (exact) mass is 299 g/mol. The van der Waals surface area contributed by atoms with Crippen LogP contribution in [0.2, 0.25) is 0 Å². The Kier molecular flexibility index (Phi) is 5.71. The highest BCUT2D eigenvalue weighted by Gasteiger charge is 2.18. The molecule has 1 aromatic carbocycles. The molecule has 0 aliphatic carbocycles. The number of carbonyl (C=O) groups is 1. The molecule has 6 heteroatoms. The first-order chi connectivity index (χ1) is 9.27. The molecule has 1 aromatic rings. The number of aromatic carboxylic acids is 1. The van der Waals surface area contributed by atoms with Crippen molar-refractivity contribution < 1.29 is 18.3 Å². The fourth-order valence-corrected chi connectivity index (χ4v) is 3.09. The molecule has 0 aliphatic rings. The van der Waals surface area contributed by atoms with Crippen molar-refractivity contribution in [3.63, 3.8) is 0 Å². The Hall–Kier alpha value is -1.40. The van der Waals surface area contributed by atoms with E-state index in [-0.39, 0.29) is 16.2 Å². The largest absolute Gasteiger partial charge is 0.478 e. The van der Waals surface area contributed by atoms with E-state index in [1.54, 1.807) is 0 Å². The molecule has 0 saturated heterocycles. The number of benzene rings is 1. The van der Waals surface area contributed by atoms with Crippen LogP contribution in [0, 0.1) is 0 Å². The zero-order valence-electron chi connectivity index (χ0n) is 12.0. The van der Waals surface area contributed by atoms with Crippen molar-refractivity contribution in [2.24, 2.45) is 0 Å². The molecule has 0 bridgehead atoms. The Morgan fingerprint density at radius 3 is 2.60 bits per heavy atom. The van der Waals surface area contributed by atoms with Crippen molar-refractivity contribution in [2.45, 2.75) is 31.2 Å². The Morgan fingerprint density at radius 1 is 1.40 bits per heavy atom. The first-order valence-corrected chi connectivity index (χ1v) is 8.19. The van der Waals surface area contributed by atoms with Crippen LogP contribution in [0.3, 0.4) is 0 Å². The Balaban J connectivity index is 2.84. The minimum Gasteiger partial charge on any atom is -0.478 e. The summed E-state index contributed by atoms with van der Waals surface area (Å²) in [5.41, 5.74) is -0.0126. The molecule has 0 aliphatic heterocycles. The molecule has 0 heterocycles. The third-order valence-electron chi connectivity index (χ3n) is 3.50. The predicted octanol–water partition coefficient (Wildman–Crippen LogP) is 1.89. The summed E-state index contributed by atoms with van der Waals surface area (Å²) in [6.07, 6.45) is 0.949. The zero-order chi connectivity index (χ0) is 15.3. The highest BCUT2D eigenvalue weighted by atomic mass is 32.2. The average Bonchev–Trinajstić information content (AvgIpc) is 2.44. The molecule has 1 rings (SSSR count). The maximum atomic E-state index is 12.2. The van der Waals surface area contributed by atoms with Gasteiger partial charge in [0, 0.05) is 12.6 Å². The van der Waals surface area contributed by atoms with Crippen molar-refractivity contribution in [1.82, 2.24) is 4.90 Å². The summed E-state index contributed by atoms with van der Waals surface area (Å²) in [4.78, 5) is 12.9. The van der Waals surface area contributed by atoms with Gasteiger partial charge in [0.05, 0.1) is 16.2 Å². The predicted molar refractivity (Wildman–Crippen MR) is 77.8 cm³/mol. The van der Waals surface area contributed by atoms with Crippen LogP contribution in [0.1, 0.15) is 30.6 Å². The van der Waals surface area contributed by atoms with Gasteiger partial charge in [0.25, 0.3) is 0 Å². The normalized spacial score (nSPS) is 13.4. The van der Waals surface area contributed by atoms with Crippen LogP contribution in [-0.4, -0.2) is 49.8 Å². The van der Waals surface area contributed by atoms with E-state index in [0.29, 0.717) is 12.6 Å². The topological polar surface area (TPSA) is 74.7 Å². The minimum absolute atomic E-state index is 0.0126. The maximum Gasteiger partial charge on any atom is 0.335 e. The van der Waals surface area contributed by atoms with E-state index in [4.69, 9.17) is 5.11 Å². The summed E-state index contributed by atoms with van der Waals surface area (Å²) < 4.78 is 24.4. The summed E-state index contributed by atoms with van der Waals surface area (Å²) in [6.45, 7) is 4.51. The molecule has 1 unspecified atom stereocenters. The lowest BCUT2D eigenvalue weighted by Crippen LogP contribution is -2.33. The fraction of sp³-hybridized carbons (Fsp3) is 0.500. The van der Waals surface area contributed by atoms with Crippen molar-refractivity contribution in [1.29, 1.82) is 0 Å². The lowest BCUT2D eigenvalue weighted by atomic mass is 10.2. The van der Waals surface area contributed by atoms with Crippen LogP contribution < -0.4 is 0 Å². The number of rotatable bonds is 7. The highest BCUT2D eigenvalue weighted by molar-refractivity contribution is 7.91. The van der Waals surface area contributed by atoms with Crippen LogP contribution in [0.25, 0.3) is 0 Å². The molecule has 20 heavy (non-hydrogen) atoms. The summed E-state index contributed by atoms with van der Waals surface area (Å²) in [5, 5.41) is 8.89. The van der Waals surface area contributed by atoms with Crippen LogP contribution >= 0.6 is 0 Å². The highest BCUT2D eigenvalue weighted by Crippen LogP contribution is 2.14. The molecule has 1 N–H and O–H groups in total. The first kappa shape index (κ1) is 16.7. The Labute approximate surface area is 120 Å². The van der Waals surface area contributed by atoms with E-state index < -0.39 is 15.8 Å². The zero-order valence-corrected chi connectivity index (χ0v) is 12.9. The van der Waals surface area contributed by atoms with E-state index in [1.807, 2.05) is 25.8 Å². The molecule has 5 nitrogen and oxygen atoms in total. The molecule has 0 saturated carbocycles. The van der Waals surface area contributed by atoms with Crippen molar-refractivity contribution in [3.05, 3.63) is 29.8 Å². The van der Waals surface area contributed by atoms with Gasteiger partial charge >= 0.3 is 5.97 Å². The number of sulfone groups is 1. The summed E-state index contributed by atoms with van der Waals surface area (Å²) in [7, 11) is -1.57. The van der Waals surface area contributed by atoms with Crippen LogP contribution in [-0.2, 0) is 9.84 Å². The summed E-state index contributed by atoms with van der Waals surface area (Å²) in [6, 6.07) is 5.79. The molecule has 0 amide bonds. The van der Waals surface area contributed by atoms with E-state index in [0.717, 1.165) is 6.42 Å². The number of hydrogen-bond acceptors (Lipinski definition) is 4. The summed E-state index contributed by atoms with van der Waals surface area (Å²) in [5.74, 6) is -1.14. The van der Waals surface area contributed by atoms with Gasteiger partial charge in [-0.15, -0.1) is 0 Å². The molecular weight excluding hydrogens is 278 g/mol. The standard InChI is InChI=1S/C14H21NO4S/c1-4-11(2)15(3)8-9-20(18,19)13-7-5-6-12(10-13)14(16)17/h5-7,10-11H,4,8-9H2,1-3H3,(H,16,17). The Morgan fingerprint density at radius 2 is 2.05 bits per heavy atom. The number of hydrogen-bond donors (Lipinski definition) is 1. The van der Waals surface area contributed by atoms with Gasteiger partial charge in [0.15, 0.2) is 9.84 Å². The molecule has 1 atom stereocenters. The van der Waals surface area contributed by atoms with E-state index >= 15 is 0 Å². The molecule has 0 aromatic heterocycles. The number of carboxylic acids is 1. The molecule has 0 spiro atoms. The third kappa shape index (κ3) is 4.31. The van der Waals surface area contributed by atoms with Crippen LogP contribution in [0.4, 0.5) is 0 Å². The van der Waals surface area contributed by atoms with Gasteiger partial charge in [-0.3, -0.25) is 0 Å². The second-order valence-electron chi connectivity index (χ2n) is 4.89. The molecule has 0 fully saturated rings. The van der Waals surface area contributed by atoms with E-state index in [9.17, 15) is 13.2 Å². The maximum absolute atomic E-state index is 12.2. The molecule has 112 valence electrons. The quantitative estimate of drug-likeness (QED) is 0.832. The van der Waals surface area contributed by atoms with Crippen LogP contribution in [0.15, 0.2) is 29.2 Å². The average molecular weight is 299 g/mol. The van der Waals surface area contributed by atoms with E-state index in [1.165, 1.54) is 24.3 Å². The van der Waals surface area contributed by atoms with Gasteiger partial charge in [-0.25, -0.2) is 13.2 Å². The van der Waals surface area contributed by atoms with Gasteiger partial charge in [-0.05, 0) is 38.6 Å². The fourth-order valence-electron chi connectivity index (χ4n) is 1.74. The van der Waals surface area contributed by atoms with E-state index in [2.05, 4.69) is 0 Å². The number of carboxylic acid groups (broad SMARTS) is 1. The van der Waals surface area contributed by atoms with Gasteiger partial charge in [0.1, 0.15) is 0 Å². The minimum atomic E-state index is -3.46. The second-order valence-corrected chi connectivity index (χ2v) is 7.00. The lowest BCUT2D eigenvalue weighted by Gasteiger charge is -2.23. The van der Waals surface area contributed by atoms with Crippen LogP contribution in [0.5, 0.6) is 0 Å². The van der Waals surface area contributed by atoms with Gasteiger partial charge < -0.3 is 10.0 Å². The Bertz CT molecular complexity index is 568. The molecular formula is C14H21NO4S. The second kappa shape index (κ2) is 6.85. The number of nitrogens with zero attached hydrogens (tertiary/aromatic N) is 1. The smallest absolute Gasteiger partial charge is 0.335 e. The van der Waals surface area contributed by atoms with Gasteiger partial charge in [-0.2, -0.15) is 0 Å². The molecule has 0 radical (unpaired) electrons. The SMILES string of the molecule is CCC(C)N(C)CCS(=O)(=O)c1cccc(C(=O)O)c1. The first-order valence-electron chi connectivity index (χ1n) is 6.54. The van der Waals surface area contributed by atoms with Crippen molar-refractivity contribution in [3.8, 4) is 0 Å². The third-order valence-corrected chi connectivity index (χ3v) is 5.19. The van der Waals surface area contributed by atoms with Crippen molar-refractivity contribution >= 4 is 15.8 Å². The lowest BCUT2D eigenvalue weighted by molar-refractivity contribution is 0.0696. The van der Waals surface area contributed by atoms with Crippen molar-refractivity contribution in [2.75, 3.05) is 19.3 Å².